The highest BCUT2D eigenvalue weighted by atomic mass is 32.1. The van der Waals surface area contributed by atoms with Crippen molar-refractivity contribution in [1.29, 1.82) is 0 Å². The highest BCUT2D eigenvalue weighted by Crippen LogP contribution is 2.33. The molecule has 4 nitrogen and oxygen atoms in total. The Morgan fingerprint density at radius 2 is 1.90 bits per heavy atom. The number of carbonyl (C=O) groups is 1. The van der Waals surface area contributed by atoms with E-state index in [1.807, 2.05) is 4.90 Å². The summed E-state index contributed by atoms with van der Waals surface area (Å²) in [6.45, 7) is 14.0. The first-order valence-corrected chi connectivity index (χ1v) is 8.13. The van der Waals surface area contributed by atoms with E-state index < -0.39 is 0 Å². The van der Waals surface area contributed by atoms with Crippen LogP contribution in [-0.4, -0.2) is 42.0 Å². The van der Waals surface area contributed by atoms with Crippen LogP contribution in [0.4, 0.5) is 0 Å². The Morgan fingerprint density at radius 3 is 2.40 bits per heavy atom. The maximum atomic E-state index is 12.7. The van der Waals surface area contributed by atoms with Crippen LogP contribution in [0.5, 0.6) is 0 Å². The van der Waals surface area contributed by atoms with Gasteiger partial charge in [-0.15, -0.1) is 11.3 Å². The average Bonchev–Trinajstić information content (AvgIpc) is 2.84. The van der Waals surface area contributed by atoms with Gasteiger partial charge >= 0.3 is 0 Å². The third-order valence-corrected chi connectivity index (χ3v) is 4.93. The van der Waals surface area contributed by atoms with Crippen molar-refractivity contribution < 1.29 is 4.79 Å². The maximum absolute atomic E-state index is 12.7. The van der Waals surface area contributed by atoms with Crippen molar-refractivity contribution in [2.75, 3.05) is 26.2 Å². The van der Waals surface area contributed by atoms with Crippen LogP contribution in [0.3, 0.4) is 0 Å². The van der Waals surface area contributed by atoms with E-state index in [4.69, 9.17) is 4.98 Å². The molecule has 0 spiro atoms. The molecule has 0 unspecified atom stereocenters. The van der Waals surface area contributed by atoms with Crippen LogP contribution >= 0.6 is 11.3 Å². The fraction of sp³-hybridized carbons (Fsp3) is 0.733. The molecule has 2 rings (SSSR count). The van der Waals surface area contributed by atoms with Gasteiger partial charge in [0.25, 0.3) is 5.91 Å². The number of hydrogen-bond donors (Lipinski definition) is 1. The highest BCUT2D eigenvalue weighted by molar-refractivity contribution is 7.14. The lowest BCUT2D eigenvalue weighted by atomic mass is 9.98. The SMILES string of the molecule is CC(C)c1nc(C(C)(C)C)sc1C(=O)N1CCNCC1. The van der Waals surface area contributed by atoms with Crippen molar-refractivity contribution in [2.24, 2.45) is 0 Å². The molecule has 0 bridgehead atoms. The molecular formula is C15H25N3OS. The fourth-order valence-electron chi connectivity index (χ4n) is 2.21. The molecule has 1 aromatic heterocycles. The molecule has 0 aliphatic carbocycles. The third-order valence-electron chi connectivity index (χ3n) is 3.44. The number of amides is 1. The minimum atomic E-state index is -0.00368. The second-order valence-electron chi connectivity index (χ2n) is 6.68. The summed E-state index contributed by atoms with van der Waals surface area (Å²) in [4.78, 5) is 20.3. The number of nitrogens with zero attached hydrogens (tertiary/aromatic N) is 2. The first kappa shape index (κ1) is 15.4. The van der Waals surface area contributed by atoms with Gasteiger partial charge in [0.15, 0.2) is 0 Å². The molecule has 1 fully saturated rings. The lowest BCUT2D eigenvalue weighted by Gasteiger charge is -2.27. The molecule has 1 saturated heterocycles. The normalized spacial score (nSPS) is 16.8. The number of thiazole rings is 1. The van der Waals surface area contributed by atoms with Crippen LogP contribution in [0.25, 0.3) is 0 Å². The Kier molecular flexibility index (Phi) is 4.49. The predicted molar refractivity (Wildman–Crippen MR) is 83.7 cm³/mol. The highest BCUT2D eigenvalue weighted by Gasteiger charge is 2.28. The van der Waals surface area contributed by atoms with E-state index in [0.29, 0.717) is 0 Å². The molecule has 2 heterocycles. The van der Waals surface area contributed by atoms with Crippen molar-refractivity contribution in [3.05, 3.63) is 15.6 Å². The quantitative estimate of drug-likeness (QED) is 0.912. The van der Waals surface area contributed by atoms with Gasteiger partial charge in [-0.3, -0.25) is 4.79 Å². The smallest absolute Gasteiger partial charge is 0.265 e. The largest absolute Gasteiger partial charge is 0.335 e. The Morgan fingerprint density at radius 1 is 1.30 bits per heavy atom. The van der Waals surface area contributed by atoms with Crippen LogP contribution in [0.2, 0.25) is 0 Å². The predicted octanol–water partition coefficient (Wildman–Crippen LogP) is 2.61. The summed E-state index contributed by atoms with van der Waals surface area (Å²) in [6, 6.07) is 0. The molecule has 1 amide bonds. The van der Waals surface area contributed by atoms with Crippen molar-refractivity contribution in [3.8, 4) is 0 Å². The van der Waals surface area contributed by atoms with Crippen molar-refractivity contribution in [1.82, 2.24) is 15.2 Å². The molecule has 20 heavy (non-hydrogen) atoms. The molecule has 0 atom stereocenters. The van der Waals surface area contributed by atoms with Gasteiger partial charge in [-0.1, -0.05) is 34.6 Å². The standard InChI is InChI=1S/C15H25N3OS/c1-10(2)11-12(20-14(17-11)15(3,4)5)13(19)18-8-6-16-7-9-18/h10,16H,6-9H2,1-5H3. The monoisotopic (exact) mass is 295 g/mol. The molecule has 0 radical (unpaired) electrons. The van der Waals surface area contributed by atoms with E-state index >= 15 is 0 Å². The van der Waals surface area contributed by atoms with Crippen LogP contribution in [0, 0.1) is 0 Å². The molecule has 112 valence electrons. The Balaban J connectivity index is 2.33. The third kappa shape index (κ3) is 3.20. The summed E-state index contributed by atoms with van der Waals surface area (Å²) in [5.41, 5.74) is 0.958. The van der Waals surface area contributed by atoms with E-state index in [0.717, 1.165) is 41.8 Å². The van der Waals surface area contributed by atoms with Crippen molar-refractivity contribution >= 4 is 17.2 Å². The van der Waals surface area contributed by atoms with Gasteiger partial charge in [0.1, 0.15) is 4.88 Å². The Hall–Kier alpha value is -0.940. The summed E-state index contributed by atoms with van der Waals surface area (Å²) >= 11 is 1.57. The van der Waals surface area contributed by atoms with Gasteiger partial charge in [-0.25, -0.2) is 4.98 Å². The van der Waals surface area contributed by atoms with Crippen molar-refractivity contribution in [3.63, 3.8) is 0 Å². The molecule has 0 saturated carbocycles. The molecule has 5 heteroatoms. The van der Waals surface area contributed by atoms with Gasteiger partial charge in [0, 0.05) is 31.6 Å². The second kappa shape index (κ2) is 5.82. The zero-order chi connectivity index (χ0) is 14.9. The summed E-state index contributed by atoms with van der Waals surface area (Å²) in [5.74, 6) is 0.437. The Bertz CT molecular complexity index is 482. The van der Waals surface area contributed by atoms with E-state index in [1.165, 1.54) is 0 Å². The zero-order valence-electron chi connectivity index (χ0n) is 13.1. The average molecular weight is 295 g/mol. The van der Waals surface area contributed by atoms with Crippen LogP contribution in [-0.2, 0) is 5.41 Å². The molecule has 0 aromatic carbocycles. The topological polar surface area (TPSA) is 45.2 Å². The number of hydrogen-bond acceptors (Lipinski definition) is 4. The van der Waals surface area contributed by atoms with E-state index in [1.54, 1.807) is 11.3 Å². The van der Waals surface area contributed by atoms with Gasteiger partial charge < -0.3 is 10.2 Å². The summed E-state index contributed by atoms with van der Waals surface area (Å²) < 4.78 is 0. The molecule has 1 N–H and O–H groups in total. The van der Waals surface area contributed by atoms with E-state index in [2.05, 4.69) is 39.9 Å². The number of rotatable bonds is 2. The second-order valence-corrected chi connectivity index (χ2v) is 7.68. The minimum Gasteiger partial charge on any atom is -0.335 e. The van der Waals surface area contributed by atoms with E-state index in [-0.39, 0.29) is 17.2 Å². The minimum absolute atomic E-state index is 0.00368. The van der Waals surface area contributed by atoms with Crippen LogP contribution in [0.1, 0.15) is 60.9 Å². The van der Waals surface area contributed by atoms with Gasteiger partial charge in [-0.2, -0.15) is 0 Å². The van der Waals surface area contributed by atoms with E-state index in [9.17, 15) is 4.79 Å². The van der Waals surface area contributed by atoms with Gasteiger partial charge in [0.05, 0.1) is 10.7 Å². The molecule has 1 aliphatic rings. The first-order chi connectivity index (χ1) is 9.30. The first-order valence-electron chi connectivity index (χ1n) is 7.32. The van der Waals surface area contributed by atoms with Crippen LogP contribution < -0.4 is 5.32 Å². The van der Waals surface area contributed by atoms with Gasteiger partial charge in [0.2, 0.25) is 0 Å². The van der Waals surface area contributed by atoms with Crippen LogP contribution in [0.15, 0.2) is 0 Å². The van der Waals surface area contributed by atoms with Gasteiger partial charge in [-0.05, 0) is 5.92 Å². The molecule has 1 aliphatic heterocycles. The lowest BCUT2D eigenvalue weighted by Crippen LogP contribution is -2.46. The zero-order valence-corrected chi connectivity index (χ0v) is 13.9. The summed E-state index contributed by atoms with van der Waals surface area (Å²) in [7, 11) is 0. The molecular weight excluding hydrogens is 270 g/mol. The molecule has 1 aromatic rings. The number of piperazine rings is 1. The van der Waals surface area contributed by atoms with Crippen molar-refractivity contribution in [2.45, 2.75) is 46.0 Å². The number of carbonyl (C=O) groups excluding carboxylic acids is 1. The Labute approximate surface area is 125 Å². The fourth-order valence-corrected chi connectivity index (χ4v) is 3.45. The lowest BCUT2D eigenvalue weighted by molar-refractivity contribution is 0.0739. The number of aromatic nitrogens is 1. The summed E-state index contributed by atoms with van der Waals surface area (Å²) in [5, 5.41) is 4.34. The maximum Gasteiger partial charge on any atom is 0.265 e. The summed E-state index contributed by atoms with van der Waals surface area (Å²) in [6.07, 6.45) is 0. The number of nitrogens with one attached hydrogen (secondary N) is 1.